The monoisotopic (exact) mass is 253 g/mol. The van der Waals surface area contributed by atoms with Crippen molar-refractivity contribution < 1.29 is 0 Å². The second kappa shape index (κ2) is 6.10. The Morgan fingerprint density at radius 1 is 1.41 bits per heavy atom. The van der Waals surface area contributed by atoms with E-state index in [2.05, 4.69) is 10.6 Å². The molecule has 92 valence electrons. The quantitative estimate of drug-likeness (QED) is 0.476. The topological polar surface area (TPSA) is 75.0 Å². The number of hydrogen-bond acceptors (Lipinski definition) is 2. The van der Waals surface area contributed by atoms with Gasteiger partial charge in [0.25, 0.3) is 0 Å². The van der Waals surface area contributed by atoms with Crippen molar-refractivity contribution >= 4 is 23.5 Å². The molecule has 4 N–H and O–H groups in total. The Bertz CT molecular complexity index is 418. The largest absolute Gasteiger partial charge is 0.359 e. The van der Waals surface area contributed by atoms with Gasteiger partial charge in [-0.3, -0.25) is 16.1 Å². The second-order valence-electron chi connectivity index (χ2n) is 3.58. The molecule has 6 heteroatoms. The summed E-state index contributed by atoms with van der Waals surface area (Å²) in [6, 6.07) is 7.48. The maximum Gasteiger partial charge on any atom is 0.197 e. The first kappa shape index (κ1) is 13.3. The van der Waals surface area contributed by atoms with Gasteiger partial charge in [-0.05, 0) is 17.7 Å². The van der Waals surface area contributed by atoms with Crippen LogP contribution in [0.2, 0.25) is 5.02 Å². The Labute approximate surface area is 106 Å². The molecule has 0 heterocycles. The van der Waals surface area contributed by atoms with Gasteiger partial charge in [0.05, 0.1) is 0 Å². The van der Waals surface area contributed by atoms with Crippen molar-refractivity contribution in [3.63, 3.8) is 0 Å². The number of halogens is 1. The summed E-state index contributed by atoms with van der Waals surface area (Å²) >= 11 is 5.88. The molecule has 1 aromatic carbocycles. The van der Waals surface area contributed by atoms with Crippen molar-refractivity contribution in [3.05, 3.63) is 34.9 Å². The van der Waals surface area contributed by atoms with E-state index in [1.54, 1.807) is 19.0 Å². The minimum absolute atomic E-state index is 0.0907. The molecular formula is C11H16ClN5. The summed E-state index contributed by atoms with van der Waals surface area (Å²) in [4.78, 5) is 1.69. The van der Waals surface area contributed by atoms with Gasteiger partial charge in [-0.25, -0.2) is 0 Å². The molecule has 0 aliphatic heterocycles. The minimum atomic E-state index is 0.0907. The Kier molecular flexibility index (Phi) is 4.78. The molecule has 0 aliphatic rings. The fourth-order valence-electron chi connectivity index (χ4n) is 1.26. The van der Waals surface area contributed by atoms with E-state index in [-0.39, 0.29) is 11.9 Å². The van der Waals surface area contributed by atoms with Crippen LogP contribution in [0.15, 0.2) is 24.3 Å². The van der Waals surface area contributed by atoms with E-state index in [4.69, 9.17) is 22.4 Å². The summed E-state index contributed by atoms with van der Waals surface area (Å²) in [5.74, 6) is 0.247. The van der Waals surface area contributed by atoms with E-state index in [0.717, 1.165) is 5.56 Å². The average Bonchev–Trinajstić information content (AvgIpc) is 2.28. The van der Waals surface area contributed by atoms with E-state index >= 15 is 0 Å². The Morgan fingerprint density at radius 3 is 2.71 bits per heavy atom. The van der Waals surface area contributed by atoms with Crippen LogP contribution in [0.4, 0.5) is 0 Å². The maximum absolute atomic E-state index is 7.73. The van der Waals surface area contributed by atoms with E-state index in [1.807, 2.05) is 24.3 Å². The van der Waals surface area contributed by atoms with Crippen molar-refractivity contribution in [1.82, 2.24) is 15.5 Å². The highest BCUT2D eigenvalue weighted by atomic mass is 35.5. The van der Waals surface area contributed by atoms with E-state index in [9.17, 15) is 0 Å². The second-order valence-corrected chi connectivity index (χ2v) is 4.02. The van der Waals surface area contributed by atoms with Crippen LogP contribution in [0.3, 0.4) is 0 Å². The number of guanidine groups is 2. The average molecular weight is 254 g/mol. The van der Waals surface area contributed by atoms with Crippen molar-refractivity contribution in [1.29, 1.82) is 10.8 Å². The smallest absolute Gasteiger partial charge is 0.197 e. The van der Waals surface area contributed by atoms with Crippen LogP contribution >= 0.6 is 11.6 Å². The van der Waals surface area contributed by atoms with Crippen LogP contribution < -0.4 is 10.6 Å². The maximum atomic E-state index is 7.73. The number of nitrogens with zero attached hydrogens (tertiary/aromatic N) is 1. The molecule has 0 saturated carbocycles. The molecule has 0 atom stereocenters. The third kappa shape index (κ3) is 4.32. The van der Waals surface area contributed by atoms with Gasteiger partial charge >= 0.3 is 0 Å². The van der Waals surface area contributed by atoms with Gasteiger partial charge in [0.2, 0.25) is 0 Å². The minimum Gasteiger partial charge on any atom is -0.359 e. The highest BCUT2D eigenvalue weighted by Crippen LogP contribution is 2.11. The summed E-state index contributed by atoms with van der Waals surface area (Å²) in [6.07, 6.45) is 0. The molecule has 0 radical (unpaired) electrons. The van der Waals surface area contributed by atoms with Crippen molar-refractivity contribution in [2.24, 2.45) is 0 Å². The predicted molar refractivity (Wildman–Crippen MR) is 70.6 cm³/mol. The lowest BCUT2D eigenvalue weighted by molar-refractivity contribution is 0.484. The molecule has 0 saturated heterocycles. The molecule has 0 amide bonds. The predicted octanol–water partition coefficient (Wildman–Crippen LogP) is 1.45. The van der Waals surface area contributed by atoms with Crippen molar-refractivity contribution in [3.8, 4) is 0 Å². The van der Waals surface area contributed by atoms with Crippen LogP contribution in [0.25, 0.3) is 0 Å². The summed E-state index contributed by atoms with van der Waals surface area (Å²) in [7, 11) is 3.40. The highest BCUT2D eigenvalue weighted by molar-refractivity contribution is 6.30. The Hall–Kier alpha value is -1.75. The van der Waals surface area contributed by atoms with Crippen LogP contribution in [0.1, 0.15) is 5.56 Å². The van der Waals surface area contributed by atoms with Gasteiger partial charge in [0.15, 0.2) is 11.9 Å². The zero-order chi connectivity index (χ0) is 12.8. The molecule has 1 aromatic rings. The molecule has 1 rings (SSSR count). The number of nitrogens with one attached hydrogen (secondary N) is 4. The molecule has 0 unspecified atom stereocenters. The molecule has 0 fully saturated rings. The molecule has 5 nitrogen and oxygen atoms in total. The summed E-state index contributed by atoms with van der Waals surface area (Å²) in [6.45, 7) is 0.559. The van der Waals surface area contributed by atoms with Gasteiger partial charge in [0, 0.05) is 25.7 Å². The van der Waals surface area contributed by atoms with Gasteiger partial charge < -0.3 is 10.2 Å². The molecule has 0 bridgehead atoms. The Morgan fingerprint density at radius 2 is 2.12 bits per heavy atom. The third-order valence-electron chi connectivity index (χ3n) is 2.18. The van der Waals surface area contributed by atoms with Gasteiger partial charge in [-0.15, -0.1) is 0 Å². The molecule has 17 heavy (non-hydrogen) atoms. The van der Waals surface area contributed by atoms with Crippen LogP contribution in [-0.2, 0) is 6.54 Å². The molecule has 0 spiro atoms. The van der Waals surface area contributed by atoms with Gasteiger partial charge in [0.1, 0.15) is 0 Å². The number of hydrogen-bond donors (Lipinski definition) is 4. The SMILES string of the molecule is CNC(=N)NC(=N)N(C)Cc1cccc(Cl)c1. The zero-order valence-corrected chi connectivity index (χ0v) is 10.6. The van der Waals surface area contributed by atoms with Crippen LogP contribution in [0.5, 0.6) is 0 Å². The fraction of sp³-hybridized carbons (Fsp3) is 0.273. The van der Waals surface area contributed by atoms with E-state index in [1.165, 1.54) is 0 Å². The lowest BCUT2D eigenvalue weighted by Crippen LogP contribution is -2.45. The van der Waals surface area contributed by atoms with Crippen molar-refractivity contribution in [2.45, 2.75) is 6.54 Å². The normalized spacial score (nSPS) is 9.59. The molecule has 0 aromatic heterocycles. The Balaban J connectivity index is 2.57. The van der Waals surface area contributed by atoms with Crippen LogP contribution in [-0.4, -0.2) is 30.9 Å². The first-order valence-corrected chi connectivity index (χ1v) is 5.48. The number of benzene rings is 1. The summed E-state index contributed by atoms with van der Waals surface area (Å²) < 4.78 is 0. The molecule has 0 aliphatic carbocycles. The first-order valence-electron chi connectivity index (χ1n) is 5.10. The van der Waals surface area contributed by atoms with Crippen molar-refractivity contribution in [2.75, 3.05) is 14.1 Å². The third-order valence-corrected chi connectivity index (χ3v) is 2.42. The fourth-order valence-corrected chi connectivity index (χ4v) is 1.48. The molecular weight excluding hydrogens is 238 g/mol. The lowest BCUT2D eigenvalue weighted by atomic mass is 10.2. The summed E-state index contributed by atoms with van der Waals surface area (Å²) in [5, 5.41) is 21.0. The van der Waals surface area contributed by atoms with E-state index in [0.29, 0.717) is 11.6 Å². The van der Waals surface area contributed by atoms with Crippen LogP contribution in [0, 0.1) is 10.8 Å². The van der Waals surface area contributed by atoms with Gasteiger partial charge in [-0.2, -0.15) is 0 Å². The number of rotatable bonds is 2. The first-order chi connectivity index (χ1) is 8.02. The zero-order valence-electron chi connectivity index (χ0n) is 9.84. The summed E-state index contributed by atoms with van der Waals surface area (Å²) in [5.41, 5.74) is 1.02. The standard InChI is InChI=1S/C11H16ClN5/c1-15-10(13)16-11(14)17(2)7-8-4-3-5-9(12)6-8/h3-6H,7H2,1-2H3,(H4,13,14,15,16). The highest BCUT2D eigenvalue weighted by Gasteiger charge is 2.06. The van der Waals surface area contributed by atoms with E-state index < -0.39 is 0 Å². The van der Waals surface area contributed by atoms with Gasteiger partial charge in [-0.1, -0.05) is 23.7 Å². The lowest BCUT2D eigenvalue weighted by Gasteiger charge is -2.21.